The van der Waals surface area contributed by atoms with Gasteiger partial charge in [0.1, 0.15) is 11.9 Å². The van der Waals surface area contributed by atoms with Crippen molar-refractivity contribution in [3.63, 3.8) is 0 Å². The van der Waals surface area contributed by atoms with Crippen LogP contribution in [0.1, 0.15) is 48.5 Å². The average Bonchev–Trinajstić information content (AvgIpc) is 2.89. The summed E-state index contributed by atoms with van der Waals surface area (Å²) in [5, 5.41) is 21.7. The summed E-state index contributed by atoms with van der Waals surface area (Å²) in [4.78, 5) is 26.3. The second-order valence-corrected chi connectivity index (χ2v) is 12.2. The number of fused-ring (bicyclic) bond motifs is 1. The van der Waals surface area contributed by atoms with Crippen LogP contribution in [0.4, 0.5) is 17.6 Å². The average molecular weight is 566 g/mol. The lowest BCUT2D eigenvalue weighted by Gasteiger charge is -2.38. The van der Waals surface area contributed by atoms with Crippen LogP contribution in [0.3, 0.4) is 0 Å². The first-order valence-corrected chi connectivity index (χ1v) is 14.5. The summed E-state index contributed by atoms with van der Waals surface area (Å²) in [6, 6.07) is 9.96. The van der Waals surface area contributed by atoms with E-state index in [1.807, 2.05) is 44.2 Å². The summed E-state index contributed by atoms with van der Waals surface area (Å²) in [5.41, 5.74) is 1.41. The van der Waals surface area contributed by atoms with Gasteiger partial charge in [-0.3, -0.25) is 0 Å². The molecule has 0 spiro atoms. The van der Waals surface area contributed by atoms with E-state index in [1.54, 1.807) is 25.7 Å². The van der Waals surface area contributed by atoms with Crippen molar-refractivity contribution in [3.8, 4) is 11.3 Å². The topological polar surface area (TPSA) is 120 Å². The molecule has 5 atom stereocenters. The van der Waals surface area contributed by atoms with E-state index >= 15 is 0 Å². The van der Waals surface area contributed by atoms with E-state index in [2.05, 4.69) is 23.6 Å². The summed E-state index contributed by atoms with van der Waals surface area (Å²) >= 11 is 0. The van der Waals surface area contributed by atoms with Crippen molar-refractivity contribution in [1.29, 1.82) is 0 Å². The van der Waals surface area contributed by atoms with Crippen LogP contribution in [0.25, 0.3) is 22.4 Å². The number of nitrogens with zero attached hydrogens (tertiary/aromatic N) is 7. The number of aliphatic hydroxyl groups is 2. The molecule has 2 aliphatic heterocycles. The highest BCUT2D eigenvalue weighted by Gasteiger charge is 2.32. The molecule has 2 N–H and O–H groups in total. The summed E-state index contributed by atoms with van der Waals surface area (Å²) in [7, 11) is 0. The predicted octanol–water partition coefficient (Wildman–Crippen LogP) is 3.23. The van der Waals surface area contributed by atoms with Gasteiger partial charge in [-0.05, 0) is 48.5 Å². The van der Waals surface area contributed by atoms with Crippen LogP contribution in [0.2, 0.25) is 0 Å². The molecule has 11 heteroatoms. The molecule has 1 unspecified atom stereocenters. The molecule has 0 saturated carbocycles. The van der Waals surface area contributed by atoms with Crippen molar-refractivity contribution >= 4 is 28.7 Å². The minimum atomic E-state index is -1.11. The molecule has 0 bridgehead atoms. The number of anilines is 3. The zero-order valence-electron chi connectivity index (χ0n) is 25.2. The van der Waals surface area contributed by atoms with Gasteiger partial charge in [-0.1, -0.05) is 30.3 Å². The molecule has 11 nitrogen and oxygen atoms in total. The Morgan fingerprint density at radius 2 is 1.44 bits per heavy atom. The van der Waals surface area contributed by atoms with E-state index in [0.717, 1.165) is 11.4 Å². The molecule has 222 valence electrons. The molecule has 3 aromatic rings. The molecule has 2 aromatic heterocycles. The Labute approximate surface area is 242 Å². The number of rotatable bonds is 7. The van der Waals surface area contributed by atoms with Gasteiger partial charge in [0.15, 0.2) is 22.8 Å². The van der Waals surface area contributed by atoms with Crippen LogP contribution in [0, 0.1) is 0 Å². The second-order valence-electron chi connectivity index (χ2n) is 12.2. The highest BCUT2D eigenvalue weighted by atomic mass is 16.5. The number of hydrogen-bond donors (Lipinski definition) is 2. The Morgan fingerprint density at radius 3 is 1.98 bits per heavy atom. The fourth-order valence-electron chi connectivity index (χ4n) is 5.76. The largest absolute Gasteiger partial charge is 0.389 e. The first-order valence-electron chi connectivity index (χ1n) is 14.5. The predicted molar refractivity (Wildman–Crippen MR) is 160 cm³/mol. The minimum Gasteiger partial charge on any atom is -0.389 e. The molecular formula is C30H43N7O4. The van der Waals surface area contributed by atoms with Crippen molar-refractivity contribution in [1.82, 2.24) is 19.9 Å². The van der Waals surface area contributed by atoms with Gasteiger partial charge in [0.25, 0.3) is 0 Å². The van der Waals surface area contributed by atoms with Crippen LogP contribution in [-0.2, 0) is 9.47 Å². The number of benzene rings is 1. The first kappa shape index (κ1) is 29.4. The standard InChI is InChI=1S/C30H43N7O4/c1-18-13-35(14-19(2)40-18)27-24(23-11-9-8-10-12-23)31-25-26(32-27)33-29(36-15-20(3)41-21(4)16-36)34-28(25)37(22(5)38)17-30(6,7)39/h8-12,18-22,38-39H,13-17H2,1-7H3/t18-,19+,20-,21+,22?. The lowest BCUT2D eigenvalue weighted by Crippen LogP contribution is -2.47. The molecule has 41 heavy (non-hydrogen) atoms. The van der Waals surface area contributed by atoms with Gasteiger partial charge < -0.3 is 34.4 Å². The van der Waals surface area contributed by atoms with Gasteiger partial charge in [0, 0.05) is 31.7 Å². The number of aromatic nitrogens is 4. The smallest absolute Gasteiger partial charge is 0.229 e. The zero-order chi connectivity index (χ0) is 29.5. The Morgan fingerprint density at radius 1 is 0.878 bits per heavy atom. The fourth-order valence-corrected chi connectivity index (χ4v) is 5.76. The van der Waals surface area contributed by atoms with Crippen molar-refractivity contribution in [2.24, 2.45) is 0 Å². The van der Waals surface area contributed by atoms with Crippen molar-refractivity contribution in [2.45, 2.75) is 84.7 Å². The zero-order valence-corrected chi connectivity index (χ0v) is 25.2. The maximum absolute atomic E-state index is 10.9. The van der Waals surface area contributed by atoms with E-state index in [4.69, 9.17) is 29.4 Å². The lowest BCUT2D eigenvalue weighted by atomic mass is 10.1. The highest BCUT2D eigenvalue weighted by Crippen LogP contribution is 2.35. The van der Waals surface area contributed by atoms with Gasteiger partial charge in [0.2, 0.25) is 5.95 Å². The van der Waals surface area contributed by atoms with Crippen LogP contribution in [-0.4, -0.2) is 99.1 Å². The lowest BCUT2D eigenvalue weighted by molar-refractivity contribution is -0.00580. The fraction of sp³-hybridized carbons (Fsp3) is 0.600. The molecule has 0 amide bonds. The van der Waals surface area contributed by atoms with Crippen molar-refractivity contribution < 1.29 is 19.7 Å². The second kappa shape index (κ2) is 11.6. The molecule has 2 aliphatic rings. The molecule has 0 radical (unpaired) electrons. The van der Waals surface area contributed by atoms with E-state index in [1.165, 1.54) is 0 Å². The molecular weight excluding hydrogens is 522 g/mol. The molecule has 2 fully saturated rings. The van der Waals surface area contributed by atoms with Gasteiger partial charge in [-0.2, -0.15) is 9.97 Å². The van der Waals surface area contributed by atoms with Crippen LogP contribution in [0.15, 0.2) is 30.3 Å². The monoisotopic (exact) mass is 565 g/mol. The normalized spacial score (nSPS) is 24.5. The SMILES string of the molecule is CC(O)N(CC(C)(C)O)c1nc(N2C[C@@H](C)O[C@@H](C)C2)nc2nc(N3C[C@@H](C)O[C@@H](C)C3)c(-c3ccccc3)nc12. The van der Waals surface area contributed by atoms with Gasteiger partial charge in [-0.25, -0.2) is 9.97 Å². The number of hydrogen-bond acceptors (Lipinski definition) is 11. The molecule has 0 aliphatic carbocycles. The Bertz CT molecular complexity index is 1330. The van der Waals surface area contributed by atoms with Gasteiger partial charge in [0.05, 0.1) is 36.6 Å². The van der Waals surface area contributed by atoms with Crippen molar-refractivity contribution in [3.05, 3.63) is 30.3 Å². The van der Waals surface area contributed by atoms with Gasteiger partial charge >= 0.3 is 0 Å². The quantitative estimate of drug-likeness (QED) is 0.411. The third-order valence-electron chi connectivity index (χ3n) is 7.23. The molecule has 5 rings (SSSR count). The summed E-state index contributed by atoms with van der Waals surface area (Å²) in [5.74, 6) is 1.65. The summed E-state index contributed by atoms with van der Waals surface area (Å²) < 4.78 is 12.0. The van der Waals surface area contributed by atoms with E-state index in [-0.39, 0.29) is 31.0 Å². The van der Waals surface area contributed by atoms with Crippen LogP contribution < -0.4 is 14.7 Å². The van der Waals surface area contributed by atoms with E-state index in [9.17, 15) is 10.2 Å². The number of morpholine rings is 2. The van der Waals surface area contributed by atoms with Crippen LogP contribution in [0.5, 0.6) is 0 Å². The van der Waals surface area contributed by atoms with Crippen LogP contribution >= 0.6 is 0 Å². The first-order chi connectivity index (χ1) is 19.4. The molecule has 4 heterocycles. The molecule has 1 aromatic carbocycles. The minimum absolute atomic E-state index is 0.00386. The Kier molecular flexibility index (Phi) is 8.34. The number of aliphatic hydroxyl groups excluding tert-OH is 1. The maximum Gasteiger partial charge on any atom is 0.229 e. The third kappa shape index (κ3) is 6.69. The maximum atomic E-state index is 10.9. The Hall–Kier alpha value is -3.12. The van der Waals surface area contributed by atoms with Crippen molar-refractivity contribution in [2.75, 3.05) is 47.4 Å². The third-order valence-corrected chi connectivity index (χ3v) is 7.23. The highest BCUT2D eigenvalue weighted by molar-refractivity contribution is 5.89. The molecule has 2 saturated heterocycles. The van der Waals surface area contributed by atoms with Gasteiger partial charge in [-0.15, -0.1) is 0 Å². The summed E-state index contributed by atoms with van der Waals surface area (Å²) in [6.45, 7) is 16.0. The number of ether oxygens (including phenoxy) is 2. The Balaban J connectivity index is 1.76. The summed E-state index contributed by atoms with van der Waals surface area (Å²) in [6.07, 6.45) is -0.874. The van der Waals surface area contributed by atoms with E-state index < -0.39 is 11.8 Å². The van der Waals surface area contributed by atoms with E-state index in [0.29, 0.717) is 54.8 Å².